The smallest absolute Gasteiger partial charge is 0.105 e. The molecule has 0 aliphatic heterocycles. The van der Waals surface area contributed by atoms with Gasteiger partial charge in [-0.1, -0.05) is 6.92 Å². The van der Waals surface area contributed by atoms with E-state index < -0.39 is 0 Å². The minimum atomic E-state index is 0.376. The monoisotopic (exact) mass is 249 g/mol. The fourth-order valence-electron chi connectivity index (χ4n) is 1.95. The van der Waals surface area contributed by atoms with E-state index in [0.717, 1.165) is 25.1 Å². The Kier molecular flexibility index (Phi) is 4.40. The van der Waals surface area contributed by atoms with Crippen LogP contribution in [-0.4, -0.2) is 6.54 Å². The molecule has 0 radical (unpaired) electrons. The van der Waals surface area contributed by atoms with Crippen LogP contribution in [0.2, 0.25) is 0 Å². The largest absolute Gasteiger partial charge is 0.469 e. The fourth-order valence-corrected chi connectivity index (χ4v) is 2.95. The van der Waals surface area contributed by atoms with E-state index in [4.69, 9.17) is 4.42 Å². The molecule has 0 aromatic carbocycles. The van der Waals surface area contributed by atoms with Gasteiger partial charge in [0.05, 0.1) is 6.26 Å². The normalized spacial score (nSPS) is 12.8. The fraction of sp³-hybridized carbons (Fsp3) is 0.429. The first-order valence-corrected chi connectivity index (χ1v) is 6.99. The van der Waals surface area contributed by atoms with Crippen LogP contribution < -0.4 is 5.32 Å². The molecule has 0 saturated heterocycles. The molecule has 2 heterocycles. The number of rotatable bonds is 6. The van der Waals surface area contributed by atoms with Gasteiger partial charge in [0.2, 0.25) is 0 Å². The average Bonchev–Trinajstić information content (AvgIpc) is 2.95. The lowest BCUT2D eigenvalue weighted by Crippen LogP contribution is -2.23. The van der Waals surface area contributed by atoms with E-state index in [2.05, 4.69) is 30.6 Å². The van der Waals surface area contributed by atoms with Gasteiger partial charge < -0.3 is 9.73 Å². The highest BCUT2D eigenvalue weighted by atomic mass is 32.1. The van der Waals surface area contributed by atoms with Crippen LogP contribution in [0.15, 0.2) is 34.3 Å². The van der Waals surface area contributed by atoms with Crippen molar-refractivity contribution in [1.29, 1.82) is 0 Å². The summed E-state index contributed by atoms with van der Waals surface area (Å²) in [5.74, 6) is 1.05. The van der Waals surface area contributed by atoms with Crippen LogP contribution in [0.25, 0.3) is 0 Å². The van der Waals surface area contributed by atoms with E-state index in [1.165, 1.54) is 10.4 Å². The first-order chi connectivity index (χ1) is 8.31. The second-order valence-corrected chi connectivity index (χ2v) is 5.21. The molecule has 1 N–H and O–H groups in total. The van der Waals surface area contributed by atoms with Crippen LogP contribution in [0.5, 0.6) is 0 Å². The Morgan fingerprint density at radius 1 is 1.41 bits per heavy atom. The summed E-state index contributed by atoms with van der Waals surface area (Å²) in [6, 6.07) is 6.56. The van der Waals surface area contributed by atoms with Crippen molar-refractivity contribution in [2.75, 3.05) is 6.54 Å². The zero-order valence-electron chi connectivity index (χ0n) is 10.4. The molecule has 0 fully saturated rings. The van der Waals surface area contributed by atoms with Crippen LogP contribution >= 0.6 is 11.3 Å². The Morgan fingerprint density at radius 3 is 2.88 bits per heavy atom. The molecular weight excluding hydrogens is 230 g/mol. The number of furan rings is 1. The molecule has 0 aliphatic carbocycles. The third-order valence-electron chi connectivity index (χ3n) is 2.84. The first-order valence-electron chi connectivity index (χ1n) is 6.11. The maximum Gasteiger partial charge on any atom is 0.105 e. The Balaban J connectivity index is 2.11. The molecular formula is C14H19NOS. The van der Waals surface area contributed by atoms with E-state index >= 15 is 0 Å². The predicted molar refractivity (Wildman–Crippen MR) is 72.5 cm³/mol. The van der Waals surface area contributed by atoms with Crippen LogP contribution in [0.3, 0.4) is 0 Å². The summed E-state index contributed by atoms with van der Waals surface area (Å²) in [7, 11) is 0. The second-order valence-electron chi connectivity index (χ2n) is 4.26. The number of hydrogen-bond acceptors (Lipinski definition) is 3. The molecule has 2 aromatic rings. The van der Waals surface area contributed by atoms with Crippen molar-refractivity contribution in [2.24, 2.45) is 0 Å². The molecule has 17 heavy (non-hydrogen) atoms. The van der Waals surface area contributed by atoms with Crippen molar-refractivity contribution in [1.82, 2.24) is 5.32 Å². The van der Waals surface area contributed by atoms with Gasteiger partial charge in [-0.3, -0.25) is 0 Å². The Hall–Kier alpha value is -1.06. The molecule has 0 spiro atoms. The summed E-state index contributed by atoms with van der Waals surface area (Å²) in [6.07, 6.45) is 3.82. The summed E-state index contributed by atoms with van der Waals surface area (Å²) in [5.41, 5.74) is 1.37. The lowest BCUT2D eigenvalue weighted by molar-refractivity contribution is 0.452. The van der Waals surface area contributed by atoms with Gasteiger partial charge in [-0.15, -0.1) is 11.3 Å². The summed E-state index contributed by atoms with van der Waals surface area (Å²) in [4.78, 5) is 1.43. The highest BCUT2D eigenvalue weighted by Crippen LogP contribution is 2.27. The third-order valence-corrected chi connectivity index (χ3v) is 3.98. The van der Waals surface area contributed by atoms with Crippen molar-refractivity contribution in [3.63, 3.8) is 0 Å². The number of aryl methyl sites for hydroxylation is 1. The molecule has 2 aromatic heterocycles. The van der Waals surface area contributed by atoms with Crippen molar-refractivity contribution < 1.29 is 4.42 Å². The first kappa shape index (κ1) is 12.4. The van der Waals surface area contributed by atoms with Gasteiger partial charge in [0.1, 0.15) is 5.76 Å². The quantitative estimate of drug-likeness (QED) is 0.839. The number of thiophene rings is 1. The molecule has 3 heteroatoms. The summed E-state index contributed by atoms with van der Waals surface area (Å²) >= 11 is 1.83. The zero-order valence-corrected chi connectivity index (χ0v) is 11.2. The Bertz CT molecular complexity index is 433. The lowest BCUT2D eigenvalue weighted by Gasteiger charge is -2.17. The van der Waals surface area contributed by atoms with Crippen LogP contribution in [0.4, 0.5) is 0 Å². The molecule has 0 saturated carbocycles. The number of hydrogen-bond donors (Lipinski definition) is 1. The molecule has 0 amide bonds. The Labute approximate surface area is 107 Å². The van der Waals surface area contributed by atoms with Gasteiger partial charge >= 0.3 is 0 Å². The highest BCUT2D eigenvalue weighted by Gasteiger charge is 2.16. The van der Waals surface area contributed by atoms with E-state index in [9.17, 15) is 0 Å². The molecule has 92 valence electrons. The van der Waals surface area contributed by atoms with Gasteiger partial charge in [0.15, 0.2) is 0 Å². The SMILES string of the molecule is CCCNC(Cc1ccco1)c1sccc1C. The summed E-state index contributed by atoms with van der Waals surface area (Å²) in [6.45, 7) is 5.41. The third kappa shape index (κ3) is 3.20. The second kappa shape index (κ2) is 6.03. The van der Waals surface area contributed by atoms with Gasteiger partial charge in [-0.05, 0) is 49.0 Å². The minimum absolute atomic E-state index is 0.376. The molecule has 0 aliphatic rings. The number of nitrogens with one attached hydrogen (secondary N) is 1. The maximum atomic E-state index is 5.45. The molecule has 1 atom stereocenters. The van der Waals surface area contributed by atoms with Gasteiger partial charge in [0.25, 0.3) is 0 Å². The van der Waals surface area contributed by atoms with E-state index in [1.54, 1.807) is 6.26 Å². The van der Waals surface area contributed by atoms with Gasteiger partial charge in [-0.2, -0.15) is 0 Å². The molecule has 1 unspecified atom stereocenters. The molecule has 2 rings (SSSR count). The van der Waals surface area contributed by atoms with Gasteiger partial charge in [-0.25, -0.2) is 0 Å². The van der Waals surface area contributed by atoms with E-state index in [1.807, 2.05) is 23.5 Å². The summed E-state index contributed by atoms with van der Waals surface area (Å²) in [5, 5.41) is 5.76. The minimum Gasteiger partial charge on any atom is -0.469 e. The Morgan fingerprint density at radius 2 is 2.29 bits per heavy atom. The standard InChI is InChI=1S/C14H19NOS/c1-3-7-15-13(10-12-5-4-8-16-12)14-11(2)6-9-17-14/h4-6,8-9,13,15H,3,7,10H2,1-2H3. The highest BCUT2D eigenvalue weighted by molar-refractivity contribution is 7.10. The van der Waals surface area contributed by atoms with Crippen molar-refractivity contribution >= 4 is 11.3 Å². The van der Waals surface area contributed by atoms with Crippen LogP contribution in [0.1, 0.15) is 35.6 Å². The topological polar surface area (TPSA) is 25.2 Å². The van der Waals surface area contributed by atoms with Gasteiger partial charge in [0, 0.05) is 17.3 Å². The average molecular weight is 249 g/mol. The van der Waals surface area contributed by atoms with Crippen LogP contribution in [-0.2, 0) is 6.42 Å². The van der Waals surface area contributed by atoms with Crippen molar-refractivity contribution in [3.8, 4) is 0 Å². The molecule has 2 nitrogen and oxygen atoms in total. The van der Waals surface area contributed by atoms with Crippen molar-refractivity contribution in [3.05, 3.63) is 46.0 Å². The predicted octanol–water partition coefficient (Wildman–Crippen LogP) is 3.93. The zero-order chi connectivity index (χ0) is 12.1. The lowest BCUT2D eigenvalue weighted by atomic mass is 10.1. The van der Waals surface area contributed by atoms with Crippen LogP contribution in [0, 0.1) is 6.92 Å². The molecule has 0 bridgehead atoms. The maximum absolute atomic E-state index is 5.45. The van der Waals surface area contributed by atoms with E-state index in [-0.39, 0.29) is 0 Å². The van der Waals surface area contributed by atoms with E-state index in [0.29, 0.717) is 6.04 Å². The summed E-state index contributed by atoms with van der Waals surface area (Å²) < 4.78 is 5.45. The van der Waals surface area contributed by atoms with Crippen molar-refractivity contribution in [2.45, 2.75) is 32.7 Å².